The lowest BCUT2D eigenvalue weighted by Gasteiger charge is -2.21. The molecule has 1 N–H and O–H groups in total. The molecular weight excluding hydrogens is 348 g/mol. The fourth-order valence-corrected chi connectivity index (χ4v) is 2.93. The zero-order valence-electron chi connectivity index (χ0n) is 16.0. The van der Waals surface area contributed by atoms with E-state index < -0.39 is 24.0 Å². The van der Waals surface area contributed by atoms with E-state index in [0.717, 1.165) is 12.8 Å². The smallest absolute Gasteiger partial charge is 0.338 e. The maximum Gasteiger partial charge on any atom is 0.338 e. The number of rotatable bonds is 8. The first kappa shape index (κ1) is 20.6. The molecule has 1 aromatic carbocycles. The third-order valence-electron chi connectivity index (χ3n) is 4.36. The molecule has 146 valence electrons. The van der Waals surface area contributed by atoms with Crippen molar-refractivity contribution in [1.82, 2.24) is 5.32 Å². The van der Waals surface area contributed by atoms with Crippen molar-refractivity contribution in [3.63, 3.8) is 0 Å². The van der Waals surface area contributed by atoms with Gasteiger partial charge in [0.15, 0.2) is 18.1 Å². The second-order valence-corrected chi connectivity index (χ2v) is 7.10. The van der Waals surface area contributed by atoms with Crippen LogP contribution in [0.5, 0.6) is 11.5 Å². The highest BCUT2D eigenvalue weighted by Crippen LogP contribution is 2.29. The Morgan fingerprint density at radius 1 is 1.26 bits per heavy atom. The van der Waals surface area contributed by atoms with Crippen LogP contribution in [0.1, 0.15) is 49.9 Å². The third-order valence-corrected chi connectivity index (χ3v) is 4.36. The van der Waals surface area contributed by atoms with Gasteiger partial charge in [-0.05, 0) is 49.8 Å². The van der Waals surface area contributed by atoms with E-state index in [1.165, 1.54) is 13.2 Å². The summed E-state index contributed by atoms with van der Waals surface area (Å²) in [6.07, 6.45) is 3.05. The summed E-state index contributed by atoms with van der Waals surface area (Å²) in [5, 5.41) is 12.0. The van der Waals surface area contributed by atoms with Gasteiger partial charge in [0.25, 0.3) is 5.91 Å². The molecule has 0 atom stereocenters. The highest BCUT2D eigenvalue weighted by Gasteiger charge is 2.35. The van der Waals surface area contributed by atoms with Gasteiger partial charge in [-0.1, -0.05) is 13.8 Å². The Hall–Kier alpha value is -2.75. The number of hydrogen-bond acceptors (Lipinski definition) is 6. The minimum atomic E-state index is -0.831. The molecule has 0 radical (unpaired) electrons. The number of ether oxygens (including phenoxy) is 3. The first-order valence-electron chi connectivity index (χ1n) is 9.09. The summed E-state index contributed by atoms with van der Waals surface area (Å²) < 4.78 is 16.0. The maximum atomic E-state index is 12.2. The molecule has 0 saturated heterocycles. The predicted molar refractivity (Wildman–Crippen MR) is 98.6 cm³/mol. The third kappa shape index (κ3) is 5.61. The fraction of sp³-hybridized carbons (Fsp3) is 0.550. The van der Waals surface area contributed by atoms with Gasteiger partial charge in [0.1, 0.15) is 5.54 Å². The number of methoxy groups -OCH3 is 1. The number of nitrogens with one attached hydrogen (secondary N) is 1. The van der Waals surface area contributed by atoms with Crippen molar-refractivity contribution in [2.45, 2.75) is 45.1 Å². The first-order valence-corrected chi connectivity index (χ1v) is 9.09. The lowest BCUT2D eigenvalue weighted by atomic mass is 10.00. The summed E-state index contributed by atoms with van der Waals surface area (Å²) in [5.74, 6) is 0.197. The van der Waals surface area contributed by atoms with Crippen LogP contribution in [0, 0.1) is 17.2 Å². The van der Waals surface area contributed by atoms with Crippen LogP contribution in [0.15, 0.2) is 18.2 Å². The Labute approximate surface area is 159 Å². The van der Waals surface area contributed by atoms with Crippen molar-refractivity contribution in [2.24, 2.45) is 5.92 Å². The van der Waals surface area contributed by atoms with Crippen molar-refractivity contribution in [1.29, 1.82) is 5.26 Å². The maximum absolute atomic E-state index is 12.2. The van der Waals surface area contributed by atoms with E-state index in [-0.39, 0.29) is 5.56 Å². The van der Waals surface area contributed by atoms with Gasteiger partial charge < -0.3 is 19.5 Å². The van der Waals surface area contributed by atoms with Crippen molar-refractivity contribution in [2.75, 3.05) is 20.3 Å². The summed E-state index contributed by atoms with van der Waals surface area (Å²) in [6, 6.07) is 6.89. The van der Waals surface area contributed by atoms with Gasteiger partial charge in [0, 0.05) is 0 Å². The molecule has 0 aromatic heterocycles. The van der Waals surface area contributed by atoms with Gasteiger partial charge in [-0.2, -0.15) is 5.26 Å². The molecule has 0 aliphatic heterocycles. The number of benzene rings is 1. The predicted octanol–water partition coefficient (Wildman–Crippen LogP) is 2.84. The molecule has 7 heteroatoms. The summed E-state index contributed by atoms with van der Waals surface area (Å²) >= 11 is 0. The number of nitrogens with zero attached hydrogens (tertiary/aromatic N) is 1. The van der Waals surface area contributed by atoms with E-state index in [9.17, 15) is 14.9 Å². The largest absolute Gasteiger partial charge is 0.493 e. The number of carbonyl (C=O) groups is 2. The van der Waals surface area contributed by atoms with E-state index in [4.69, 9.17) is 14.2 Å². The zero-order valence-corrected chi connectivity index (χ0v) is 16.0. The average Bonchev–Trinajstić information content (AvgIpc) is 3.13. The normalized spacial score (nSPS) is 15.1. The molecule has 2 rings (SSSR count). The van der Waals surface area contributed by atoms with Gasteiger partial charge in [-0.15, -0.1) is 0 Å². The Morgan fingerprint density at radius 3 is 2.56 bits per heavy atom. The summed E-state index contributed by atoms with van der Waals surface area (Å²) in [6.45, 7) is 4.16. The van der Waals surface area contributed by atoms with Crippen LogP contribution >= 0.6 is 0 Å². The molecule has 1 aliphatic carbocycles. The molecule has 0 spiro atoms. The molecule has 1 amide bonds. The monoisotopic (exact) mass is 374 g/mol. The molecule has 0 bridgehead atoms. The van der Waals surface area contributed by atoms with Crippen LogP contribution in [-0.2, 0) is 9.53 Å². The Bertz CT molecular complexity index is 718. The van der Waals surface area contributed by atoms with E-state index in [0.29, 0.717) is 36.9 Å². The van der Waals surface area contributed by atoms with Crippen molar-refractivity contribution in [3.05, 3.63) is 23.8 Å². The van der Waals surface area contributed by atoms with Crippen LogP contribution in [0.4, 0.5) is 0 Å². The highest BCUT2D eigenvalue weighted by atomic mass is 16.5. The topological polar surface area (TPSA) is 97.6 Å². The number of esters is 1. The van der Waals surface area contributed by atoms with Gasteiger partial charge in [0.2, 0.25) is 0 Å². The quantitative estimate of drug-likeness (QED) is 0.703. The summed E-state index contributed by atoms with van der Waals surface area (Å²) in [7, 11) is 1.49. The van der Waals surface area contributed by atoms with E-state index in [1.54, 1.807) is 12.1 Å². The van der Waals surface area contributed by atoms with Gasteiger partial charge in [-0.3, -0.25) is 4.79 Å². The second kappa shape index (κ2) is 9.26. The molecule has 1 aromatic rings. The minimum Gasteiger partial charge on any atom is -0.493 e. The molecule has 1 fully saturated rings. The van der Waals surface area contributed by atoms with Crippen LogP contribution in [0.2, 0.25) is 0 Å². The fourth-order valence-electron chi connectivity index (χ4n) is 2.93. The molecule has 7 nitrogen and oxygen atoms in total. The number of amides is 1. The van der Waals surface area contributed by atoms with Crippen LogP contribution in [-0.4, -0.2) is 37.7 Å². The molecule has 0 heterocycles. The van der Waals surface area contributed by atoms with Crippen LogP contribution in [0.25, 0.3) is 0 Å². The van der Waals surface area contributed by atoms with Crippen LogP contribution < -0.4 is 14.8 Å². The number of carbonyl (C=O) groups excluding carboxylic acids is 2. The van der Waals surface area contributed by atoms with Crippen molar-refractivity contribution < 1.29 is 23.8 Å². The highest BCUT2D eigenvalue weighted by molar-refractivity contribution is 5.92. The van der Waals surface area contributed by atoms with E-state index in [1.807, 2.05) is 13.8 Å². The number of nitriles is 1. The summed E-state index contributed by atoms with van der Waals surface area (Å²) in [5.41, 5.74) is -0.574. The molecule has 1 aliphatic rings. The lowest BCUT2D eigenvalue weighted by molar-refractivity contribution is -0.125. The van der Waals surface area contributed by atoms with Crippen molar-refractivity contribution in [3.8, 4) is 17.6 Å². The molecular formula is C20H26N2O5. The molecule has 1 saturated carbocycles. The zero-order chi connectivity index (χ0) is 19.9. The molecule has 0 unspecified atom stereocenters. The first-order chi connectivity index (χ1) is 12.9. The molecule has 27 heavy (non-hydrogen) atoms. The SMILES string of the molecule is COc1cc(C(=O)OCC(=O)NC2(C#N)CCCC2)ccc1OCC(C)C. The van der Waals surface area contributed by atoms with Crippen LogP contribution in [0.3, 0.4) is 0 Å². The summed E-state index contributed by atoms with van der Waals surface area (Å²) in [4.78, 5) is 24.3. The van der Waals surface area contributed by atoms with E-state index in [2.05, 4.69) is 11.4 Å². The minimum absolute atomic E-state index is 0.257. The van der Waals surface area contributed by atoms with Gasteiger partial charge in [-0.25, -0.2) is 4.79 Å². The van der Waals surface area contributed by atoms with Gasteiger partial charge in [0.05, 0.1) is 25.3 Å². The van der Waals surface area contributed by atoms with Gasteiger partial charge >= 0.3 is 5.97 Å². The Balaban J connectivity index is 1.93. The number of hydrogen-bond donors (Lipinski definition) is 1. The average molecular weight is 374 g/mol. The lowest BCUT2D eigenvalue weighted by Crippen LogP contribution is -2.46. The second-order valence-electron chi connectivity index (χ2n) is 7.10. The Kier molecular flexibility index (Phi) is 7.05. The van der Waals surface area contributed by atoms with Crippen molar-refractivity contribution >= 4 is 11.9 Å². The van der Waals surface area contributed by atoms with E-state index >= 15 is 0 Å². The standard InChI is InChI=1S/C20H26N2O5/c1-14(2)11-26-16-7-6-15(10-17(16)25-3)19(24)27-12-18(23)22-20(13-21)8-4-5-9-20/h6-7,10,14H,4-5,8-9,11-12H2,1-3H3,(H,22,23). The Morgan fingerprint density at radius 2 is 1.96 bits per heavy atom.